The molecule has 1 heterocycles. The van der Waals surface area contributed by atoms with Gasteiger partial charge in [0.25, 0.3) is 0 Å². The van der Waals surface area contributed by atoms with Crippen LogP contribution in [0.1, 0.15) is 5.56 Å². The molecule has 1 aromatic heterocycles. The molecule has 2 aromatic carbocycles. The van der Waals surface area contributed by atoms with Crippen molar-refractivity contribution in [2.24, 2.45) is 0 Å². The highest BCUT2D eigenvalue weighted by Gasteiger charge is 2.03. The van der Waals surface area contributed by atoms with Crippen molar-refractivity contribution >= 4 is 17.3 Å². The molecule has 0 atom stereocenters. The van der Waals surface area contributed by atoms with Crippen LogP contribution in [0, 0.1) is 11.6 Å². The average Bonchev–Trinajstić information content (AvgIpc) is 2.54. The lowest BCUT2D eigenvalue weighted by Gasteiger charge is -2.09. The summed E-state index contributed by atoms with van der Waals surface area (Å²) >= 11 is 0. The van der Waals surface area contributed by atoms with E-state index in [1.165, 1.54) is 24.5 Å². The topological polar surface area (TPSA) is 49.8 Å². The van der Waals surface area contributed by atoms with Crippen LogP contribution in [0.25, 0.3) is 0 Å². The molecule has 0 unspecified atom stereocenters. The molecule has 0 aliphatic heterocycles. The molecular weight excluding hydrogens is 298 g/mol. The number of anilines is 3. The Morgan fingerprint density at radius 1 is 0.870 bits per heavy atom. The van der Waals surface area contributed by atoms with Gasteiger partial charge in [-0.25, -0.2) is 18.7 Å². The first-order chi connectivity index (χ1) is 11.2. The Hall–Kier alpha value is -3.02. The maximum Gasteiger partial charge on any atom is 0.135 e. The molecule has 3 aromatic rings. The van der Waals surface area contributed by atoms with E-state index in [1.54, 1.807) is 36.4 Å². The summed E-state index contributed by atoms with van der Waals surface area (Å²) in [6, 6.07) is 14.3. The molecule has 0 aliphatic rings. The zero-order chi connectivity index (χ0) is 16.1. The van der Waals surface area contributed by atoms with Gasteiger partial charge in [-0.2, -0.15) is 0 Å². The lowest BCUT2D eigenvalue weighted by atomic mass is 10.2. The predicted molar refractivity (Wildman–Crippen MR) is 85.4 cm³/mol. The van der Waals surface area contributed by atoms with Crippen molar-refractivity contribution in [1.29, 1.82) is 0 Å². The van der Waals surface area contributed by atoms with Gasteiger partial charge < -0.3 is 10.6 Å². The number of hydrogen-bond acceptors (Lipinski definition) is 4. The molecule has 0 bridgehead atoms. The van der Waals surface area contributed by atoms with E-state index in [0.717, 1.165) is 0 Å². The minimum atomic E-state index is -0.332. The maximum absolute atomic E-state index is 13.6. The van der Waals surface area contributed by atoms with Crippen LogP contribution in [-0.2, 0) is 6.54 Å². The highest BCUT2D eigenvalue weighted by molar-refractivity contribution is 5.58. The largest absolute Gasteiger partial charge is 0.366 e. The minimum absolute atomic E-state index is 0.271. The van der Waals surface area contributed by atoms with Crippen molar-refractivity contribution in [2.75, 3.05) is 10.6 Å². The van der Waals surface area contributed by atoms with Crippen LogP contribution in [0.15, 0.2) is 60.9 Å². The normalized spacial score (nSPS) is 10.3. The van der Waals surface area contributed by atoms with Crippen LogP contribution in [-0.4, -0.2) is 9.97 Å². The van der Waals surface area contributed by atoms with Gasteiger partial charge in [0, 0.05) is 23.9 Å². The van der Waals surface area contributed by atoms with Gasteiger partial charge >= 0.3 is 0 Å². The van der Waals surface area contributed by atoms with E-state index in [1.807, 2.05) is 0 Å². The van der Waals surface area contributed by atoms with Crippen molar-refractivity contribution in [1.82, 2.24) is 9.97 Å². The Bertz CT molecular complexity index is 808. The zero-order valence-electron chi connectivity index (χ0n) is 12.1. The molecule has 2 N–H and O–H groups in total. The fraction of sp³-hybridized carbons (Fsp3) is 0.0588. The van der Waals surface area contributed by atoms with E-state index in [-0.39, 0.29) is 11.6 Å². The number of aromatic nitrogens is 2. The summed E-state index contributed by atoms with van der Waals surface area (Å²) in [5, 5.41) is 6.02. The van der Waals surface area contributed by atoms with Crippen molar-refractivity contribution in [2.45, 2.75) is 6.54 Å². The number of nitrogens with one attached hydrogen (secondary N) is 2. The molecule has 0 radical (unpaired) electrons. The van der Waals surface area contributed by atoms with Gasteiger partial charge in [-0.3, -0.25) is 0 Å². The van der Waals surface area contributed by atoms with Gasteiger partial charge in [-0.15, -0.1) is 0 Å². The number of halogens is 2. The Labute approximate surface area is 132 Å². The van der Waals surface area contributed by atoms with Gasteiger partial charge in [0.1, 0.15) is 29.6 Å². The molecule has 4 nitrogen and oxygen atoms in total. The van der Waals surface area contributed by atoms with Crippen LogP contribution < -0.4 is 10.6 Å². The molecule has 0 aliphatic carbocycles. The van der Waals surface area contributed by atoms with E-state index in [0.29, 0.717) is 29.4 Å². The Kier molecular flexibility index (Phi) is 4.42. The summed E-state index contributed by atoms with van der Waals surface area (Å²) in [4.78, 5) is 8.16. The van der Waals surface area contributed by atoms with Crippen LogP contribution in [0.2, 0.25) is 0 Å². The summed E-state index contributed by atoms with van der Waals surface area (Å²) in [5.41, 5.74) is 1.13. The SMILES string of the molecule is Fc1cccc(Nc2cc(NCc3ccccc3F)ncn2)c1. The van der Waals surface area contributed by atoms with Crippen molar-refractivity contribution in [3.8, 4) is 0 Å². The van der Waals surface area contributed by atoms with Crippen LogP contribution in [0.4, 0.5) is 26.1 Å². The van der Waals surface area contributed by atoms with Crippen LogP contribution >= 0.6 is 0 Å². The van der Waals surface area contributed by atoms with Crippen LogP contribution in [0.3, 0.4) is 0 Å². The summed E-state index contributed by atoms with van der Waals surface area (Å²) in [7, 11) is 0. The third kappa shape index (κ3) is 4.00. The number of benzene rings is 2. The summed E-state index contributed by atoms with van der Waals surface area (Å²) in [5.74, 6) is 0.456. The molecule has 23 heavy (non-hydrogen) atoms. The Morgan fingerprint density at radius 2 is 1.70 bits per heavy atom. The lowest BCUT2D eigenvalue weighted by Crippen LogP contribution is -2.04. The average molecular weight is 312 g/mol. The molecule has 0 saturated heterocycles. The predicted octanol–water partition coefficient (Wildman–Crippen LogP) is 4.11. The van der Waals surface area contributed by atoms with E-state index >= 15 is 0 Å². The third-order valence-corrected chi connectivity index (χ3v) is 3.18. The molecule has 6 heteroatoms. The van der Waals surface area contributed by atoms with Crippen molar-refractivity contribution in [3.05, 3.63) is 78.1 Å². The van der Waals surface area contributed by atoms with Gasteiger partial charge in [0.05, 0.1) is 0 Å². The molecule has 116 valence electrons. The molecule has 0 saturated carbocycles. The second-order valence-corrected chi connectivity index (χ2v) is 4.87. The smallest absolute Gasteiger partial charge is 0.135 e. The zero-order valence-corrected chi connectivity index (χ0v) is 12.1. The fourth-order valence-corrected chi connectivity index (χ4v) is 2.06. The second kappa shape index (κ2) is 6.83. The Morgan fingerprint density at radius 3 is 2.52 bits per heavy atom. The number of hydrogen-bond donors (Lipinski definition) is 2. The van der Waals surface area contributed by atoms with Crippen molar-refractivity contribution < 1.29 is 8.78 Å². The first-order valence-corrected chi connectivity index (χ1v) is 7.02. The fourth-order valence-electron chi connectivity index (χ4n) is 2.06. The maximum atomic E-state index is 13.6. The molecule has 3 rings (SSSR count). The standard InChI is InChI=1S/C17H14F2N4/c18-13-5-3-6-14(8-13)23-17-9-16(21-11-22-17)20-10-12-4-1-2-7-15(12)19/h1-9,11H,10H2,(H2,20,21,22,23). The molecule has 0 spiro atoms. The first kappa shape index (κ1) is 14.9. The monoisotopic (exact) mass is 312 g/mol. The molecular formula is C17H14F2N4. The second-order valence-electron chi connectivity index (χ2n) is 4.87. The number of nitrogens with zero attached hydrogens (tertiary/aromatic N) is 2. The van der Waals surface area contributed by atoms with E-state index in [2.05, 4.69) is 20.6 Å². The van der Waals surface area contributed by atoms with Crippen LogP contribution in [0.5, 0.6) is 0 Å². The highest BCUT2D eigenvalue weighted by Crippen LogP contribution is 2.17. The summed E-state index contributed by atoms with van der Waals surface area (Å²) in [6.07, 6.45) is 1.38. The quantitative estimate of drug-likeness (QED) is 0.744. The van der Waals surface area contributed by atoms with E-state index in [9.17, 15) is 8.78 Å². The lowest BCUT2D eigenvalue weighted by molar-refractivity contribution is 0.613. The Balaban J connectivity index is 1.69. The third-order valence-electron chi connectivity index (χ3n) is 3.18. The van der Waals surface area contributed by atoms with Gasteiger partial charge in [-0.05, 0) is 24.3 Å². The molecule has 0 amide bonds. The summed E-state index contributed by atoms with van der Waals surface area (Å²) < 4.78 is 26.8. The molecule has 0 fully saturated rings. The highest BCUT2D eigenvalue weighted by atomic mass is 19.1. The van der Waals surface area contributed by atoms with Gasteiger partial charge in [-0.1, -0.05) is 24.3 Å². The van der Waals surface area contributed by atoms with Crippen molar-refractivity contribution in [3.63, 3.8) is 0 Å². The first-order valence-electron chi connectivity index (χ1n) is 7.02. The van der Waals surface area contributed by atoms with E-state index < -0.39 is 0 Å². The van der Waals surface area contributed by atoms with E-state index in [4.69, 9.17) is 0 Å². The summed E-state index contributed by atoms with van der Waals surface area (Å²) in [6.45, 7) is 0.309. The minimum Gasteiger partial charge on any atom is -0.366 e. The van der Waals surface area contributed by atoms with Gasteiger partial charge in [0.15, 0.2) is 0 Å². The number of rotatable bonds is 5. The van der Waals surface area contributed by atoms with Gasteiger partial charge in [0.2, 0.25) is 0 Å².